The van der Waals surface area contributed by atoms with Gasteiger partial charge in [0.05, 0.1) is 24.9 Å². The third-order valence-corrected chi connectivity index (χ3v) is 7.38. The van der Waals surface area contributed by atoms with Gasteiger partial charge >= 0.3 is 5.97 Å². The number of benzene rings is 2. The van der Waals surface area contributed by atoms with Gasteiger partial charge in [0, 0.05) is 22.3 Å². The Morgan fingerprint density at radius 3 is 2.72 bits per heavy atom. The Bertz CT molecular complexity index is 923. The fourth-order valence-corrected chi connectivity index (χ4v) is 5.52. The molecular formula is C23H25NO4S. The van der Waals surface area contributed by atoms with Gasteiger partial charge in [-0.3, -0.25) is 0 Å². The SMILES string of the molecule is O=C1OCc2cc(SC3CCN(CC(O)c4ccc5c(c4)COC5)CC3)ccc21. The van der Waals surface area contributed by atoms with E-state index in [9.17, 15) is 9.90 Å². The van der Waals surface area contributed by atoms with E-state index < -0.39 is 6.10 Å². The van der Waals surface area contributed by atoms with Gasteiger partial charge in [-0.05, 0) is 60.8 Å². The third-order valence-electron chi connectivity index (χ3n) is 6.05. The van der Waals surface area contributed by atoms with Crippen LogP contribution < -0.4 is 0 Å². The topological polar surface area (TPSA) is 59.0 Å². The van der Waals surface area contributed by atoms with Crippen molar-refractivity contribution in [3.05, 3.63) is 64.2 Å². The molecule has 1 N–H and O–H groups in total. The average molecular weight is 412 g/mol. The monoisotopic (exact) mass is 411 g/mol. The maximum atomic E-state index is 11.6. The highest BCUT2D eigenvalue weighted by Gasteiger charge is 2.25. The molecule has 152 valence electrons. The number of fused-ring (bicyclic) bond motifs is 2. The zero-order valence-electron chi connectivity index (χ0n) is 16.3. The van der Waals surface area contributed by atoms with Gasteiger partial charge in [0.15, 0.2) is 0 Å². The van der Waals surface area contributed by atoms with Crippen LogP contribution in [0, 0.1) is 0 Å². The summed E-state index contributed by atoms with van der Waals surface area (Å²) in [6.07, 6.45) is 1.74. The van der Waals surface area contributed by atoms with Gasteiger partial charge in [-0.25, -0.2) is 4.79 Å². The van der Waals surface area contributed by atoms with Crippen LogP contribution in [0.3, 0.4) is 0 Å². The smallest absolute Gasteiger partial charge is 0.338 e. The van der Waals surface area contributed by atoms with Gasteiger partial charge in [0.1, 0.15) is 6.61 Å². The molecule has 3 aliphatic rings. The van der Waals surface area contributed by atoms with Gasteiger partial charge in [-0.1, -0.05) is 18.2 Å². The fraction of sp³-hybridized carbons (Fsp3) is 0.435. The molecule has 0 radical (unpaired) electrons. The zero-order valence-corrected chi connectivity index (χ0v) is 17.1. The number of esters is 1. The lowest BCUT2D eigenvalue weighted by atomic mass is 10.0. The number of ether oxygens (including phenoxy) is 2. The van der Waals surface area contributed by atoms with Gasteiger partial charge in [0.25, 0.3) is 0 Å². The van der Waals surface area contributed by atoms with Gasteiger partial charge in [0.2, 0.25) is 0 Å². The molecule has 2 aromatic rings. The largest absolute Gasteiger partial charge is 0.457 e. The maximum absolute atomic E-state index is 11.6. The lowest BCUT2D eigenvalue weighted by Gasteiger charge is -2.33. The number of aliphatic hydroxyl groups is 1. The summed E-state index contributed by atoms with van der Waals surface area (Å²) >= 11 is 1.89. The first-order valence-corrected chi connectivity index (χ1v) is 11.1. The van der Waals surface area contributed by atoms with E-state index in [0.717, 1.165) is 37.1 Å². The quantitative estimate of drug-likeness (QED) is 0.758. The number of carbonyl (C=O) groups excluding carboxylic acids is 1. The van der Waals surface area contributed by atoms with Crippen LogP contribution >= 0.6 is 11.8 Å². The normalized spacial score (nSPS) is 20.4. The molecular weight excluding hydrogens is 386 g/mol. The zero-order chi connectivity index (χ0) is 19.8. The Morgan fingerprint density at radius 2 is 1.86 bits per heavy atom. The number of rotatable bonds is 5. The number of nitrogens with zero attached hydrogens (tertiary/aromatic N) is 1. The van der Waals surface area contributed by atoms with Crippen molar-refractivity contribution in [3.8, 4) is 0 Å². The number of piperidine rings is 1. The Labute approximate surface area is 175 Å². The summed E-state index contributed by atoms with van der Waals surface area (Å²) in [5, 5.41) is 11.3. The molecule has 1 saturated heterocycles. The number of aliphatic hydroxyl groups excluding tert-OH is 1. The van der Waals surface area contributed by atoms with Crippen molar-refractivity contribution in [2.75, 3.05) is 19.6 Å². The molecule has 3 heterocycles. The number of thioether (sulfide) groups is 1. The van der Waals surface area contributed by atoms with Crippen LogP contribution in [0.5, 0.6) is 0 Å². The number of hydrogen-bond acceptors (Lipinski definition) is 6. The van der Waals surface area contributed by atoms with Crippen molar-refractivity contribution in [2.45, 2.75) is 48.9 Å². The Morgan fingerprint density at radius 1 is 1.03 bits per heavy atom. The third kappa shape index (κ3) is 4.08. The van der Waals surface area contributed by atoms with E-state index in [2.05, 4.69) is 23.1 Å². The van der Waals surface area contributed by atoms with E-state index >= 15 is 0 Å². The highest BCUT2D eigenvalue weighted by Crippen LogP contribution is 2.33. The molecule has 1 atom stereocenters. The molecule has 0 saturated carbocycles. The van der Waals surface area contributed by atoms with Crippen LogP contribution in [0.4, 0.5) is 0 Å². The molecule has 0 amide bonds. The van der Waals surface area contributed by atoms with Crippen molar-refractivity contribution in [1.82, 2.24) is 4.90 Å². The van der Waals surface area contributed by atoms with Crippen LogP contribution in [-0.2, 0) is 29.3 Å². The number of β-amino-alcohol motifs (C(OH)–C–C–N with tert-alkyl or cyclic N) is 1. The summed E-state index contributed by atoms with van der Waals surface area (Å²) in [5.41, 5.74) is 5.14. The minimum Gasteiger partial charge on any atom is -0.457 e. The predicted molar refractivity (Wildman–Crippen MR) is 111 cm³/mol. The Balaban J connectivity index is 1.13. The second-order valence-electron chi connectivity index (χ2n) is 8.05. The standard InChI is InChI=1S/C23H25NO4S/c25-22(15-1-2-16-12-27-13-17(16)9-15)11-24-7-5-19(6-8-24)29-20-3-4-21-18(10-20)14-28-23(21)26/h1-4,9-10,19,22,25H,5-8,11-14H2. The Kier molecular flexibility index (Phi) is 5.35. The fourth-order valence-electron chi connectivity index (χ4n) is 4.33. The highest BCUT2D eigenvalue weighted by atomic mass is 32.2. The van der Waals surface area contributed by atoms with E-state index in [0.29, 0.717) is 37.2 Å². The first-order valence-electron chi connectivity index (χ1n) is 10.2. The Hall–Kier alpha value is -1.86. The molecule has 3 aliphatic heterocycles. The maximum Gasteiger partial charge on any atom is 0.338 e. The van der Waals surface area contributed by atoms with Crippen LogP contribution in [0.15, 0.2) is 41.3 Å². The van der Waals surface area contributed by atoms with E-state index in [-0.39, 0.29) is 5.97 Å². The summed E-state index contributed by atoms with van der Waals surface area (Å²) < 4.78 is 10.6. The predicted octanol–water partition coefficient (Wildman–Crippen LogP) is 3.68. The van der Waals surface area contributed by atoms with E-state index in [1.807, 2.05) is 30.0 Å². The summed E-state index contributed by atoms with van der Waals surface area (Å²) in [4.78, 5) is 15.2. The number of carbonyl (C=O) groups is 1. The van der Waals surface area contributed by atoms with Gasteiger partial charge < -0.3 is 19.5 Å². The summed E-state index contributed by atoms with van der Waals surface area (Å²) in [7, 11) is 0. The number of likely N-dealkylation sites (tertiary alicyclic amines) is 1. The van der Waals surface area contributed by atoms with E-state index in [1.54, 1.807) is 0 Å². The molecule has 2 aromatic carbocycles. The first-order chi connectivity index (χ1) is 14.2. The molecule has 5 rings (SSSR count). The van der Waals surface area contributed by atoms with E-state index in [4.69, 9.17) is 9.47 Å². The van der Waals surface area contributed by atoms with Crippen molar-refractivity contribution in [2.24, 2.45) is 0 Å². The minimum absolute atomic E-state index is 0.209. The van der Waals surface area contributed by atoms with Crippen molar-refractivity contribution >= 4 is 17.7 Å². The van der Waals surface area contributed by atoms with E-state index in [1.165, 1.54) is 16.0 Å². The number of cyclic esters (lactones) is 1. The molecule has 0 aliphatic carbocycles. The molecule has 0 spiro atoms. The molecule has 6 heteroatoms. The van der Waals surface area contributed by atoms with Crippen molar-refractivity contribution < 1.29 is 19.4 Å². The summed E-state index contributed by atoms with van der Waals surface area (Å²) in [6, 6.07) is 12.2. The van der Waals surface area contributed by atoms with Crippen molar-refractivity contribution in [1.29, 1.82) is 0 Å². The van der Waals surface area contributed by atoms with Crippen LogP contribution in [0.1, 0.15) is 51.6 Å². The lowest BCUT2D eigenvalue weighted by molar-refractivity contribution is 0.0535. The second kappa shape index (κ2) is 8.11. The average Bonchev–Trinajstić information content (AvgIpc) is 3.35. The minimum atomic E-state index is -0.459. The molecule has 29 heavy (non-hydrogen) atoms. The van der Waals surface area contributed by atoms with Gasteiger partial charge in [-0.15, -0.1) is 11.8 Å². The molecule has 1 fully saturated rings. The second-order valence-corrected chi connectivity index (χ2v) is 9.42. The summed E-state index contributed by atoms with van der Waals surface area (Å²) in [5.74, 6) is -0.209. The van der Waals surface area contributed by atoms with Crippen LogP contribution in [0.25, 0.3) is 0 Å². The van der Waals surface area contributed by atoms with Crippen LogP contribution in [0.2, 0.25) is 0 Å². The molecule has 0 aromatic heterocycles. The van der Waals surface area contributed by atoms with Gasteiger partial charge in [-0.2, -0.15) is 0 Å². The summed E-state index contributed by atoms with van der Waals surface area (Å²) in [6.45, 7) is 4.40. The molecule has 1 unspecified atom stereocenters. The van der Waals surface area contributed by atoms with Crippen molar-refractivity contribution in [3.63, 3.8) is 0 Å². The lowest BCUT2D eigenvalue weighted by Crippen LogP contribution is -2.37. The first kappa shape index (κ1) is 19.1. The highest BCUT2D eigenvalue weighted by molar-refractivity contribution is 8.00. The molecule has 0 bridgehead atoms. The van der Waals surface area contributed by atoms with Crippen LogP contribution in [-0.4, -0.2) is 40.9 Å². The molecule has 5 nitrogen and oxygen atoms in total. The number of hydrogen-bond donors (Lipinski definition) is 1.